The third kappa shape index (κ3) is 5.76. The summed E-state index contributed by atoms with van der Waals surface area (Å²) < 4.78 is 5.11. The minimum Gasteiger partial charge on any atom is -0.383 e. The van der Waals surface area contributed by atoms with Gasteiger partial charge < -0.3 is 15.8 Å². The molecule has 0 fully saturated rings. The van der Waals surface area contributed by atoms with Crippen LogP contribution in [-0.4, -0.2) is 32.2 Å². The fraction of sp³-hybridized carbons (Fsp3) is 0.438. The Morgan fingerprint density at radius 1 is 1.52 bits per heavy atom. The standard InChI is InChI=1S/C16H21ClN2O2/c1-3-5-14(11-21-2)19-16(20)13-8-7-12(6-4-9-18)15(17)10-13/h7-8,10,14H,3,5,9,11,18H2,1-2H3,(H,19,20). The Kier molecular flexibility index (Phi) is 7.84. The van der Waals surface area contributed by atoms with Gasteiger partial charge in [-0.3, -0.25) is 4.79 Å². The maximum atomic E-state index is 12.2. The molecule has 5 heteroatoms. The second-order valence-corrected chi connectivity index (χ2v) is 5.02. The van der Waals surface area contributed by atoms with Crippen LogP contribution in [0.15, 0.2) is 18.2 Å². The van der Waals surface area contributed by atoms with Crippen molar-refractivity contribution in [1.29, 1.82) is 0 Å². The van der Waals surface area contributed by atoms with E-state index in [-0.39, 0.29) is 18.5 Å². The molecule has 0 heterocycles. The fourth-order valence-electron chi connectivity index (χ4n) is 1.92. The molecular formula is C16H21ClN2O2. The topological polar surface area (TPSA) is 64.3 Å². The molecule has 1 rings (SSSR count). The lowest BCUT2D eigenvalue weighted by Crippen LogP contribution is -2.37. The van der Waals surface area contributed by atoms with Gasteiger partial charge >= 0.3 is 0 Å². The van der Waals surface area contributed by atoms with Crippen LogP contribution in [-0.2, 0) is 4.74 Å². The predicted octanol–water partition coefficient (Wildman–Crippen LogP) is 2.20. The molecule has 21 heavy (non-hydrogen) atoms. The lowest BCUT2D eigenvalue weighted by molar-refractivity contribution is 0.0891. The molecule has 3 N–H and O–H groups in total. The van der Waals surface area contributed by atoms with Gasteiger partial charge in [0, 0.05) is 18.2 Å². The zero-order valence-corrected chi connectivity index (χ0v) is 13.2. The predicted molar refractivity (Wildman–Crippen MR) is 85.4 cm³/mol. The highest BCUT2D eigenvalue weighted by atomic mass is 35.5. The minimum absolute atomic E-state index is 0.00276. The van der Waals surface area contributed by atoms with E-state index in [0.717, 1.165) is 12.8 Å². The molecule has 114 valence electrons. The Morgan fingerprint density at radius 3 is 2.86 bits per heavy atom. The minimum atomic E-state index is -0.161. The Balaban J connectivity index is 2.80. The van der Waals surface area contributed by atoms with Crippen LogP contribution >= 0.6 is 11.6 Å². The summed E-state index contributed by atoms with van der Waals surface area (Å²) in [5.74, 6) is 5.44. The van der Waals surface area contributed by atoms with E-state index in [0.29, 0.717) is 22.8 Å². The molecule has 0 aliphatic carbocycles. The van der Waals surface area contributed by atoms with Crippen molar-refractivity contribution in [3.63, 3.8) is 0 Å². The Hall–Kier alpha value is -1.54. The van der Waals surface area contributed by atoms with E-state index in [1.54, 1.807) is 25.3 Å². The highest BCUT2D eigenvalue weighted by Crippen LogP contribution is 2.17. The summed E-state index contributed by atoms with van der Waals surface area (Å²) in [6.45, 7) is 2.83. The third-order valence-corrected chi connectivity index (χ3v) is 3.21. The van der Waals surface area contributed by atoms with Crippen molar-refractivity contribution in [2.45, 2.75) is 25.8 Å². The van der Waals surface area contributed by atoms with Crippen LogP contribution in [0.4, 0.5) is 0 Å². The highest BCUT2D eigenvalue weighted by molar-refractivity contribution is 6.32. The largest absolute Gasteiger partial charge is 0.383 e. The molecule has 0 aromatic heterocycles. The van der Waals surface area contributed by atoms with Crippen LogP contribution in [0, 0.1) is 11.8 Å². The highest BCUT2D eigenvalue weighted by Gasteiger charge is 2.13. The molecule has 1 unspecified atom stereocenters. The van der Waals surface area contributed by atoms with Gasteiger partial charge in [0.05, 0.1) is 24.2 Å². The Bertz CT molecular complexity index is 529. The van der Waals surface area contributed by atoms with Crippen LogP contribution < -0.4 is 11.1 Å². The number of ether oxygens (including phenoxy) is 1. The summed E-state index contributed by atoms with van der Waals surface area (Å²) >= 11 is 6.12. The molecule has 1 aromatic carbocycles. The number of carbonyl (C=O) groups excluding carboxylic acids is 1. The molecule has 0 saturated carbocycles. The van der Waals surface area contributed by atoms with E-state index < -0.39 is 0 Å². The SMILES string of the molecule is CCCC(COC)NC(=O)c1ccc(C#CCN)c(Cl)c1. The maximum absolute atomic E-state index is 12.2. The average molecular weight is 309 g/mol. The zero-order valence-electron chi connectivity index (χ0n) is 12.4. The number of halogens is 1. The Labute approximate surface area is 131 Å². The van der Waals surface area contributed by atoms with E-state index in [1.807, 2.05) is 0 Å². The van der Waals surface area contributed by atoms with Crippen LogP contribution in [0.3, 0.4) is 0 Å². The van der Waals surface area contributed by atoms with Gasteiger partial charge in [-0.25, -0.2) is 0 Å². The van der Waals surface area contributed by atoms with E-state index >= 15 is 0 Å². The number of benzene rings is 1. The monoisotopic (exact) mass is 308 g/mol. The first-order chi connectivity index (χ1) is 10.1. The number of nitrogens with two attached hydrogens (primary N) is 1. The van der Waals surface area contributed by atoms with Gasteiger partial charge in [0.2, 0.25) is 0 Å². The number of rotatable bonds is 6. The molecule has 0 aliphatic heterocycles. The first kappa shape index (κ1) is 17.5. The quantitative estimate of drug-likeness (QED) is 0.792. The van der Waals surface area contributed by atoms with Crippen LogP contribution in [0.2, 0.25) is 5.02 Å². The molecule has 0 aliphatic rings. The first-order valence-corrected chi connectivity index (χ1v) is 7.28. The molecule has 1 aromatic rings. The molecule has 1 atom stereocenters. The van der Waals surface area contributed by atoms with Crippen LogP contribution in [0.25, 0.3) is 0 Å². The van der Waals surface area contributed by atoms with Gasteiger partial charge in [-0.1, -0.05) is 36.8 Å². The van der Waals surface area contributed by atoms with Crippen molar-refractivity contribution in [3.05, 3.63) is 34.3 Å². The van der Waals surface area contributed by atoms with Gasteiger partial charge in [-0.15, -0.1) is 0 Å². The van der Waals surface area contributed by atoms with Gasteiger partial charge in [0.15, 0.2) is 0 Å². The molecular weight excluding hydrogens is 288 g/mol. The summed E-state index contributed by atoms with van der Waals surface area (Å²) in [7, 11) is 1.62. The third-order valence-electron chi connectivity index (χ3n) is 2.90. The van der Waals surface area contributed by atoms with Crippen molar-refractivity contribution in [2.24, 2.45) is 5.73 Å². The maximum Gasteiger partial charge on any atom is 0.251 e. The summed E-state index contributed by atoms with van der Waals surface area (Å²) in [4.78, 5) is 12.2. The summed E-state index contributed by atoms with van der Waals surface area (Å²) in [5, 5.41) is 3.39. The lowest BCUT2D eigenvalue weighted by Gasteiger charge is -2.17. The van der Waals surface area contributed by atoms with E-state index in [2.05, 4.69) is 24.1 Å². The van der Waals surface area contributed by atoms with Crippen molar-refractivity contribution in [3.8, 4) is 11.8 Å². The van der Waals surface area contributed by atoms with Gasteiger partial charge in [-0.2, -0.15) is 0 Å². The van der Waals surface area contributed by atoms with Crippen molar-refractivity contribution in [2.75, 3.05) is 20.3 Å². The van der Waals surface area contributed by atoms with E-state index in [4.69, 9.17) is 22.1 Å². The van der Waals surface area contributed by atoms with Gasteiger partial charge in [-0.05, 0) is 24.6 Å². The van der Waals surface area contributed by atoms with E-state index in [9.17, 15) is 4.79 Å². The number of amides is 1. The lowest BCUT2D eigenvalue weighted by atomic mass is 10.1. The Morgan fingerprint density at radius 2 is 2.29 bits per heavy atom. The molecule has 4 nitrogen and oxygen atoms in total. The summed E-state index contributed by atoms with van der Waals surface area (Å²) in [6, 6.07) is 5.05. The van der Waals surface area contributed by atoms with Gasteiger partial charge in [0.25, 0.3) is 5.91 Å². The van der Waals surface area contributed by atoms with Crippen molar-refractivity contribution in [1.82, 2.24) is 5.32 Å². The molecule has 1 amide bonds. The number of methoxy groups -OCH3 is 1. The average Bonchev–Trinajstić information content (AvgIpc) is 2.46. The van der Waals surface area contributed by atoms with Gasteiger partial charge in [0.1, 0.15) is 0 Å². The van der Waals surface area contributed by atoms with Crippen molar-refractivity contribution < 1.29 is 9.53 Å². The zero-order chi connectivity index (χ0) is 15.7. The second-order valence-electron chi connectivity index (χ2n) is 4.61. The van der Waals surface area contributed by atoms with Crippen LogP contribution in [0.1, 0.15) is 35.7 Å². The van der Waals surface area contributed by atoms with Crippen LogP contribution in [0.5, 0.6) is 0 Å². The number of carbonyl (C=O) groups is 1. The number of hydrogen-bond donors (Lipinski definition) is 2. The fourth-order valence-corrected chi connectivity index (χ4v) is 2.15. The van der Waals surface area contributed by atoms with E-state index in [1.165, 1.54) is 0 Å². The smallest absolute Gasteiger partial charge is 0.251 e. The van der Waals surface area contributed by atoms with Crippen molar-refractivity contribution >= 4 is 17.5 Å². The molecule has 0 saturated heterocycles. The normalized spacial score (nSPS) is 11.4. The molecule has 0 bridgehead atoms. The summed E-state index contributed by atoms with van der Waals surface area (Å²) in [6.07, 6.45) is 1.84. The summed E-state index contributed by atoms with van der Waals surface area (Å²) in [5.41, 5.74) is 6.50. The first-order valence-electron chi connectivity index (χ1n) is 6.90. The molecule has 0 spiro atoms. The molecule has 0 radical (unpaired) electrons. The number of nitrogens with one attached hydrogen (secondary N) is 1. The second kappa shape index (κ2) is 9.41. The number of hydrogen-bond acceptors (Lipinski definition) is 3.